The first-order valence-corrected chi connectivity index (χ1v) is 9.88. The van der Waals surface area contributed by atoms with Crippen molar-refractivity contribution >= 4 is 17.6 Å². The number of anilines is 1. The van der Waals surface area contributed by atoms with Crippen molar-refractivity contribution in [1.29, 1.82) is 0 Å². The molecule has 1 aromatic carbocycles. The van der Waals surface area contributed by atoms with Crippen molar-refractivity contribution in [2.24, 2.45) is 5.92 Å². The third kappa shape index (κ3) is 4.19. The van der Waals surface area contributed by atoms with Gasteiger partial charge in [0.2, 0.25) is 5.91 Å². The predicted molar refractivity (Wildman–Crippen MR) is 110 cm³/mol. The van der Waals surface area contributed by atoms with Crippen LogP contribution in [0.15, 0.2) is 42.9 Å². The van der Waals surface area contributed by atoms with Gasteiger partial charge >= 0.3 is 0 Å². The molecule has 0 radical (unpaired) electrons. The van der Waals surface area contributed by atoms with Gasteiger partial charge in [0.25, 0.3) is 5.91 Å². The highest BCUT2D eigenvalue weighted by atomic mass is 16.2. The minimum Gasteiger partial charge on any atom is -0.338 e. The van der Waals surface area contributed by atoms with Crippen LogP contribution in [0.4, 0.5) is 5.82 Å². The number of piperidine rings is 1. The maximum Gasteiger partial charge on any atom is 0.253 e. The molecule has 30 heavy (non-hydrogen) atoms. The van der Waals surface area contributed by atoms with Gasteiger partial charge in [-0.3, -0.25) is 9.59 Å². The SMILES string of the molecule is Cc1ccc(NC(=O)C2CCCN(C(=O)c3ccc(-n4cnnn4)c(C)c3)C2)nc1. The highest BCUT2D eigenvalue weighted by molar-refractivity contribution is 5.96. The molecule has 9 nitrogen and oxygen atoms in total. The molecule has 1 aliphatic heterocycles. The standard InChI is InChI=1S/C21H23N7O2/c1-14-5-8-19(22-11-14)24-20(29)17-4-3-9-27(12-17)21(30)16-6-7-18(15(2)10-16)28-13-23-25-26-28/h5-8,10-11,13,17H,3-4,9,12H2,1-2H3,(H,22,24,29). The van der Waals surface area contributed by atoms with Gasteiger partial charge in [0, 0.05) is 24.8 Å². The van der Waals surface area contributed by atoms with E-state index in [1.807, 2.05) is 32.0 Å². The molecule has 1 unspecified atom stereocenters. The number of aryl methyl sites for hydroxylation is 2. The number of nitrogens with zero attached hydrogens (tertiary/aromatic N) is 6. The Balaban J connectivity index is 1.43. The second kappa shape index (κ2) is 8.40. The minimum absolute atomic E-state index is 0.0765. The number of amides is 2. The van der Waals surface area contributed by atoms with Crippen LogP contribution in [0.25, 0.3) is 5.69 Å². The molecule has 1 saturated heterocycles. The minimum atomic E-state index is -0.257. The Morgan fingerprint density at radius 1 is 1.17 bits per heavy atom. The molecule has 9 heteroatoms. The monoisotopic (exact) mass is 405 g/mol. The summed E-state index contributed by atoms with van der Waals surface area (Å²) in [5.74, 6) is 0.0941. The Hall–Kier alpha value is -3.62. The Morgan fingerprint density at radius 2 is 2.03 bits per heavy atom. The highest BCUT2D eigenvalue weighted by Crippen LogP contribution is 2.22. The quantitative estimate of drug-likeness (QED) is 0.713. The van der Waals surface area contributed by atoms with Crippen molar-refractivity contribution in [2.45, 2.75) is 26.7 Å². The van der Waals surface area contributed by atoms with Gasteiger partial charge in [0.05, 0.1) is 11.6 Å². The number of hydrogen-bond donors (Lipinski definition) is 1. The summed E-state index contributed by atoms with van der Waals surface area (Å²) in [4.78, 5) is 31.7. The smallest absolute Gasteiger partial charge is 0.253 e. The molecular formula is C21H23N7O2. The molecule has 2 aromatic heterocycles. The molecule has 0 spiro atoms. The lowest BCUT2D eigenvalue weighted by atomic mass is 9.96. The van der Waals surface area contributed by atoms with E-state index in [0.717, 1.165) is 29.7 Å². The third-order valence-corrected chi connectivity index (χ3v) is 5.28. The van der Waals surface area contributed by atoms with Gasteiger partial charge in [-0.05, 0) is 72.5 Å². The highest BCUT2D eigenvalue weighted by Gasteiger charge is 2.29. The van der Waals surface area contributed by atoms with Gasteiger partial charge in [-0.2, -0.15) is 0 Å². The summed E-state index contributed by atoms with van der Waals surface area (Å²) in [6, 6.07) is 9.12. The Labute approximate surface area is 174 Å². The average molecular weight is 405 g/mol. The van der Waals surface area contributed by atoms with Crippen molar-refractivity contribution in [2.75, 3.05) is 18.4 Å². The fraction of sp³-hybridized carbons (Fsp3) is 0.333. The van der Waals surface area contributed by atoms with Gasteiger partial charge in [0.15, 0.2) is 0 Å². The largest absolute Gasteiger partial charge is 0.338 e. The Bertz CT molecular complexity index is 1050. The lowest BCUT2D eigenvalue weighted by Crippen LogP contribution is -2.43. The summed E-state index contributed by atoms with van der Waals surface area (Å²) in [6.07, 6.45) is 4.76. The first-order chi connectivity index (χ1) is 14.5. The lowest BCUT2D eigenvalue weighted by molar-refractivity contribution is -0.121. The maximum atomic E-state index is 13.0. The topological polar surface area (TPSA) is 106 Å². The maximum absolute atomic E-state index is 13.0. The van der Waals surface area contributed by atoms with Gasteiger partial charge in [-0.15, -0.1) is 5.10 Å². The number of hydrogen-bond acceptors (Lipinski definition) is 6. The van der Waals surface area contributed by atoms with Gasteiger partial charge in [0.1, 0.15) is 12.1 Å². The summed E-state index contributed by atoms with van der Waals surface area (Å²) in [5.41, 5.74) is 3.33. The number of likely N-dealkylation sites (tertiary alicyclic amines) is 1. The second-order valence-electron chi connectivity index (χ2n) is 7.56. The molecule has 154 valence electrons. The van der Waals surface area contributed by atoms with Crippen LogP contribution in [-0.2, 0) is 4.79 Å². The zero-order valence-electron chi connectivity index (χ0n) is 16.9. The number of pyridine rings is 1. The molecule has 1 atom stereocenters. The van der Waals surface area contributed by atoms with E-state index in [1.165, 1.54) is 6.33 Å². The van der Waals surface area contributed by atoms with Crippen molar-refractivity contribution in [3.63, 3.8) is 0 Å². The van der Waals surface area contributed by atoms with Crippen LogP contribution in [0, 0.1) is 19.8 Å². The summed E-state index contributed by atoms with van der Waals surface area (Å²) >= 11 is 0. The van der Waals surface area contributed by atoms with Crippen LogP contribution < -0.4 is 5.32 Å². The van der Waals surface area contributed by atoms with Crippen molar-refractivity contribution in [3.8, 4) is 5.69 Å². The first kappa shape index (κ1) is 19.7. The summed E-state index contributed by atoms with van der Waals surface area (Å²) in [5, 5.41) is 14.0. The van der Waals surface area contributed by atoms with E-state index in [1.54, 1.807) is 27.9 Å². The van der Waals surface area contributed by atoms with E-state index in [-0.39, 0.29) is 17.7 Å². The molecule has 3 heterocycles. The van der Waals surface area contributed by atoms with Crippen molar-refractivity contribution < 1.29 is 9.59 Å². The van der Waals surface area contributed by atoms with Gasteiger partial charge in [-0.25, -0.2) is 9.67 Å². The average Bonchev–Trinajstić information content (AvgIpc) is 3.29. The van der Waals surface area contributed by atoms with Crippen LogP contribution in [0.2, 0.25) is 0 Å². The van der Waals surface area contributed by atoms with Crippen LogP contribution in [0.1, 0.15) is 34.3 Å². The van der Waals surface area contributed by atoms with Gasteiger partial charge < -0.3 is 10.2 Å². The normalized spacial score (nSPS) is 16.3. The predicted octanol–water partition coefficient (Wildman–Crippen LogP) is 2.17. The summed E-state index contributed by atoms with van der Waals surface area (Å²) < 4.78 is 1.56. The first-order valence-electron chi connectivity index (χ1n) is 9.88. The Kier molecular flexibility index (Phi) is 5.51. The van der Waals surface area contributed by atoms with Gasteiger partial charge in [-0.1, -0.05) is 6.07 Å². The summed E-state index contributed by atoms with van der Waals surface area (Å²) in [7, 11) is 0. The van der Waals surface area contributed by atoms with E-state index in [9.17, 15) is 9.59 Å². The Morgan fingerprint density at radius 3 is 2.73 bits per heavy atom. The molecule has 0 aliphatic carbocycles. The zero-order chi connectivity index (χ0) is 21.1. The van der Waals surface area contributed by atoms with Crippen LogP contribution in [0.3, 0.4) is 0 Å². The molecule has 1 aliphatic rings. The van der Waals surface area contributed by atoms with Crippen molar-refractivity contribution in [3.05, 3.63) is 59.5 Å². The fourth-order valence-electron chi connectivity index (χ4n) is 3.65. The van der Waals surface area contributed by atoms with Crippen molar-refractivity contribution in [1.82, 2.24) is 30.1 Å². The third-order valence-electron chi connectivity index (χ3n) is 5.28. The van der Waals surface area contributed by atoms with E-state index >= 15 is 0 Å². The number of carbonyl (C=O) groups is 2. The zero-order valence-corrected chi connectivity index (χ0v) is 16.9. The number of rotatable bonds is 4. The van der Waals surface area contributed by atoms with Crippen LogP contribution in [0.5, 0.6) is 0 Å². The molecule has 0 saturated carbocycles. The molecule has 2 amide bonds. The number of tetrazole rings is 1. The molecular weight excluding hydrogens is 382 g/mol. The van der Waals surface area contributed by atoms with E-state index in [2.05, 4.69) is 25.8 Å². The van der Waals surface area contributed by atoms with E-state index in [4.69, 9.17) is 0 Å². The summed E-state index contributed by atoms with van der Waals surface area (Å²) in [6.45, 7) is 4.89. The number of nitrogens with one attached hydrogen (secondary N) is 1. The second-order valence-corrected chi connectivity index (χ2v) is 7.56. The molecule has 1 fully saturated rings. The van der Waals surface area contributed by atoms with Crippen LogP contribution in [-0.4, -0.2) is 55.0 Å². The lowest BCUT2D eigenvalue weighted by Gasteiger charge is -2.32. The molecule has 4 rings (SSSR count). The van der Waals surface area contributed by atoms with E-state index in [0.29, 0.717) is 24.5 Å². The number of carbonyl (C=O) groups excluding carboxylic acids is 2. The molecule has 3 aromatic rings. The number of aromatic nitrogens is 5. The number of benzene rings is 1. The van der Waals surface area contributed by atoms with E-state index < -0.39 is 0 Å². The fourth-order valence-corrected chi connectivity index (χ4v) is 3.65. The molecule has 0 bridgehead atoms. The molecule has 1 N–H and O–H groups in total. The van der Waals surface area contributed by atoms with Crippen LogP contribution >= 0.6 is 0 Å².